The van der Waals surface area contributed by atoms with Gasteiger partial charge in [0.15, 0.2) is 6.10 Å². The molecule has 0 aromatic carbocycles. The molecule has 0 aliphatic carbocycles. The molecule has 0 aromatic heterocycles. The summed E-state index contributed by atoms with van der Waals surface area (Å²) in [7, 11) is 0. The lowest BCUT2D eigenvalue weighted by atomic mass is 10.0. The van der Waals surface area contributed by atoms with Crippen LogP contribution in [0.4, 0.5) is 0 Å². The molecule has 0 saturated carbocycles. The first kappa shape index (κ1) is 75.3. The molecule has 0 radical (unpaired) electrons. The van der Waals surface area contributed by atoms with E-state index in [1.165, 1.54) is 186 Å². The minimum atomic E-state index is -0.799. The van der Waals surface area contributed by atoms with Crippen molar-refractivity contribution in [1.29, 1.82) is 0 Å². The number of ether oxygens (including phenoxy) is 3. The molecule has 454 valence electrons. The quantitative estimate of drug-likeness (QED) is 0.0261. The second-order valence-corrected chi connectivity index (χ2v) is 22.3. The Morgan fingerprint density at radius 3 is 0.797 bits per heavy atom. The molecule has 0 spiro atoms. The summed E-state index contributed by atoms with van der Waals surface area (Å²) >= 11 is 0. The zero-order valence-electron chi connectivity index (χ0n) is 52.1. The van der Waals surface area contributed by atoms with Gasteiger partial charge in [-0.25, -0.2) is 0 Å². The van der Waals surface area contributed by atoms with Crippen LogP contribution in [-0.2, 0) is 28.6 Å². The van der Waals surface area contributed by atoms with Gasteiger partial charge in [0.05, 0.1) is 0 Å². The lowest BCUT2D eigenvalue weighted by Crippen LogP contribution is -2.30. The van der Waals surface area contributed by atoms with Crippen LogP contribution in [-0.4, -0.2) is 37.2 Å². The molecule has 0 aliphatic rings. The number of carbonyl (C=O) groups excluding carboxylic acids is 3. The summed E-state index contributed by atoms with van der Waals surface area (Å²) in [6, 6.07) is 0. The van der Waals surface area contributed by atoms with E-state index in [4.69, 9.17) is 14.2 Å². The number of unbranched alkanes of at least 4 members (excludes halogenated alkanes) is 34. The molecule has 0 amide bonds. The van der Waals surface area contributed by atoms with Gasteiger partial charge in [-0.05, 0) is 122 Å². The maximum Gasteiger partial charge on any atom is 0.306 e. The van der Waals surface area contributed by atoms with Crippen molar-refractivity contribution in [1.82, 2.24) is 0 Å². The third-order valence-corrected chi connectivity index (χ3v) is 14.5. The first-order valence-corrected chi connectivity index (χ1v) is 33.7. The van der Waals surface area contributed by atoms with E-state index in [0.717, 1.165) is 103 Å². The molecule has 6 nitrogen and oxygen atoms in total. The molecule has 1 unspecified atom stereocenters. The largest absolute Gasteiger partial charge is 0.462 e. The minimum absolute atomic E-state index is 0.0916. The standard InChI is InChI=1S/C73H126O6/c1-4-7-10-13-16-19-22-25-28-31-34-35-36-37-40-42-45-48-51-54-57-60-63-66-72(75)78-69-70(79-73(76)67-64-61-58-55-52-49-46-43-39-33-30-27-24-21-18-15-12-9-6-3)68-77-71(74)65-62-59-56-53-50-47-44-41-38-32-29-26-23-20-17-14-11-8-5-2/h9,12,18,21-22,25-27,29-31,34,39,43,49,52,70H,4-8,10-11,13-17,19-20,23-24,28,32-33,35-38,40-42,44-48,50-51,53-69H2,1-3H3/b12-9-,21-18-,25-22-,29-26-,30-27-,34-31-,43-39-,52-49-. The maximum absolute atomic E-state index is 12.9. The molecule has 0 bridgehead atoms. The van der Waals surface area contributed by atoms with E-state index in [1.54, 1.807) is 0 Å². The number of hydrogen-bond acceptors (Lipinski definition) is 6. The van der Waals surface area contributed by atoms with Crippen LogP contribution >= 0.6 is 0 Å². The summed E-state index contributed by atoms with van der Waals surface area (Å²) < 4.78 is 16.9. The van der Waals surface area contributed by atoms with Crippen molar-refractivity contribution in [3.05, 3.63) is 97.2 Å². The molecular weight excluding hydrogens is 973 g/mol. The van der Waals surface area contributed by atoms with Gasteiger partial charge in [-0.15, -0.1) is 0 Å². The van der Waals surface area contributed by atoms with Gasteiger partial charge >= 0.3 is 17.9 Å². The topological polar surface area (TPSA) is 78.9 Å². The Morgan fingerprint density at radius 1 is 0.266 bits per heavy atom. The Bertz CT molecular complexity index is 1540. The molecule has 0 aliphatic heterocycles. The number of carbonyl (C=O) groups is 3. The first-order chi connectivity index (χ1) is 39.0. The fourth-order valence-corrected chi connectivity index (χ4v) is 9.50. The summed E-state index contributed by atoms with van der Waals surface area (Å²) in [6.45, 7) is 6.52. The van der Waals surface area contributed by atoms with E-state index in [-0.39, 0.29) is 37.5 Å². The third-order valence-electron chi connectivity index (χ3n) is 14.5. The van der Waals surface area contributed by atoms with Gasteiger partial charge in [-0.2, -0.15) is 0 Å². The predicted octanol–water partition coefficient (Wildman–Crippen LogP) is 23.2. The van der Waals surface area contributed by atoms with Crippen LogP contribution in [0.2, 0.25) is 0 Å². The Hall–Kier alpha value is -3.67. The molecule has 0 N–H and O–H groups in total. The summed E-state index contributed by atoms with van der Waals surface area (Å²) in [5.74, 6) is -0.915. The maximum atomic E-state index is 12.9. The zero-order chi connectivity index (χ0) is 57.1. The molecule has 79 heavy (non-hydrogen) atoms. The monoisotopic (exact) mass is 1100 g/mol. The van der Waals surface area contributed by atoms with E-state index < -0.39 is 6.10 Å². The van der Waals surface area contributed by atoms with Crippen LogP contribution in [0.1, 0.15) is 329 Å². The van der Waals surface area contributed by atoms with Gasteiger partial charge in [0.1, 0.15) is 13.2 Å². The molecule has 0 fully saturated rings. The number of rotatable bonds is 61. The van der Waals surface area contributed by atoms with E-state index in [1.807, 2.05) is 0 Å². The van der Waals surface area contributed by atoms with Gasteiger partial charge in [0.25, 0.3) is 0 Å². The Kier molecular flexibility index (Phi) is 63.7. The number of esters is 3. The molecule has 0 rings (SSSR count). The highest BCUT2D eigenvalue weighted by Gasteiger charge is 2.19. The lowest BCUT2D eigenvalue weighted by Gasteiger charge is -2.18. The van der Waals surface area contributed by atoms with Gasteiger partial charge in [-0.1, -0.05) is 285 Å². The van der Waals surface area contributed by atoms with Crippen molar-refractivity contribution >= 4 is 17.9 Å². The van der Waals surface area contributed by atoms with Gasteiger partial charge in [0.2, 0.25) is 0 Å². The van der Waals surface area contributed by atoms with Gasteiger partial charge < -0.3 is 14.2 Å². The fourth-order valence-electron chi connectivity index (χ4n) is 9.50. The average Bonchev–Trinajstić information content (AvgIpc) is 3.45. The van der Waals surface area contributed by atoms with E-state index in [9.17, 15) is 14.4 Å². The fraction of sp³-hybridized carbons (Fsp3) is 0.740. The van der Waals surface area contributed by atoms with E-state index in [0.29, 0.717) is 12.8 Å². The molecular formula is C73H126O6. The molecule has 6 heteroatoms. The van der Waals surface area contributed by atoms with Crippen molar-refractivity contribution < 1.29 is 28.6 Å². The summed E-state index contributed by atoms with van der Waals surface area (Å²) in [5.41, 5.74) is 0. The second-order valence-electron chi connectivity index (χ2n) is 22.3. The van der Waals surface area contributed by atoms with Crippen molar-refractivity contribution in [2.75, 3.05) is 13.2 Å². The normalized spacial score (nSPS) is 12.7. The number of allylic oxidation sites excluding steroid dienone is 16. The highest BCUT2D eigenvalue weighted by Crippen LogP contribution is 2.16. The minimum Gasteiger partial charge on any atom is -0.462 e. The first-order valence-electron chi connectivity index (χ1n) is 33.7. The SMILES string of the molecule is CC/C=C\C/C=C\C/C=C\C/C=C\C/C=C\CCCCCC(=O)OC(COC(=O)CCCCCCCCCCC/C=C\CCCCCCCC)COC(=O)CCCCCCCCCCCCC/C=C\C/C=C\CCCCCCC. The van der Waals surface area contributed by atoms with Crippen LogP contribution in [0.3, 0.4) is 0 Å². The van der Waals surface area contributed by atoms with E-state index >= 15 is 0 Å². The van der Waals surface area contributed by atoms with Crippen molar-refractivity contribution in [2.45, 2.75) is 335 Å². The molecule has 0 aromatic rings. The summed E-state index contributed by atoms with van der Waals surface area (Å²) in [5, 5.41) is 0. The van der Waals surface area contributed by atoms with Crippen molar-refractivity contribution in [3.8, 4) is 0 Å². The van der Waals surface area contributed by atoms with E-state index in [2.05, 4.69) is 118 Å². The molecule has 0 heterocycles. The second kappa shape index (κ2) is 66.8. The highest BCUT2D eigenvalue weighted by atomic mass is 16.6. The van der Waals surface area contributed by atoms with Crippen LogP contribution in [0, 0.1) is 0 Å². The number of hydrogen-bond donors (Lipinski definition) is 0. The Balaban J connectivity index is 4.42. The summed E-state index contributed by atoms with van der Waals surface area (Å²) in [6.07, 6.45) is 89.9. The van der Waals surface area contributed by atoms with Crippen molar-refractivity contribution in [2.24, 2.45) is 0 Å². The predicted molar refractivity (Wildman–Crippen MR) is 344 cm³/mol. The third kappa shape index (κ3) is 65.0. The highest BCUT2D eigenvalue weighted by molar-refractivity contribution is 5.71. The van der Waals surface area contributed by atoms with Crippen molar-refractivity contribution in [3.63, 3.8) is 0 Å². The summed E-state index contributed by atoms with van der Waals surface area (Å²) in [4.78, 5) is 38.4. The molecule has 0 saturated heterocycles. The van der Waals surface area contributed by atoms with Crippen LogP contribution in [0.15, 0.2) is 97.2 Å². The average molecular weight is 1100 g/mol. The van der Waals surface area contributed by atoms with Crippen LogP contribution in [0.25, 0.3) is 0 Å². The lowest BCUT2D eigenvalue weighted by molar-refractivity contribution is -0.167. The van der Waals surface area contributed by atoms with Gasteiger partial charge in [0, 0.05) is 19.3 Å². The van der Waals surface area contributed by atoms with Crippen LogP contribution in [0.5, 0.6) is 0 Å². The smallest absolute Gasteiger partial charge is 0.306 e. The van der Waals surface area contributed by atoms with Crippen LogP contribution < -0.4 is 0 Å². The zero-order valence-corrected chi connectivity index (χ0v) is 52.1. The van der Waals surface area contributed by atoms with Gasteiger partial charge in [-0.3, -0.25) is 14.4 Å². The molecule has 1 atom stereocenters. The Labute approximate surface area is 489 Å². The Morgan fingerprint density at radius 2 is 0.494 bits per heavy atom.